The van der Waals surface area contributed by atoms with Gasteiger partial charge in [0.2, 0.25) is 0 Å². The van der Waals surface area contributed by atoms with Gasteiger partial charge in [0, 0.05) is 12.0 Å². The van der Waals surface area contributed by atoms with E-state index in [9.17, 15) is 18.0 Å². The molecule has 0 bridgehead atoms. The average molecular weight is 232 g/mol. The zero-order valence-electron chi connectivity index (χ0n) is 8.89. The van der Waals surface area contributed by atoms with E-state index in [1.54, 1.807) is 6.92 Å². The summed E-state index contributed by atoms with van der Waals surface area (Å²) in [5.74, 6) is -0.387. The van der Waals surface area contributed by atoms with Gasteiger partial charge in [-0.2, -0.15) is 0 Å². The van der Waals surface area contributed by atoms with Crippen LogP contribution in [0.5, 0.6) is 5.75 Å². The lowest BCUT2D eigenvalue weighted by molar-refractivity contribution is -0.274. The van der Waals surface area contributed by atoms with E-state index >= 15 is 0 Å². The van der Waals surface area contributed by atoms with Crippen LogP contribution in [0.4, 0.5) is 13.2 Å². The number of Topliss-reactive ketones (excluding diaryl/α,β-unsaturated/α-hetero) is 1. The first-order valence-electron chi connectivity index (χ1n) is 4.73. The topological polar surface area (TPSA) is 26.3 Å². The Kier molecular flexibility index (Phi) is 3.57. The van der Waals surface area contributed by atoms with Crippen molar-refractivity contribution in [3.8, 4) is 5.75 Å². The van der Waals surface area contributed by atoms with Gasteiger partial charge in [-0.25, -0.2) is 0 Å². The SMILES string of the molecule is CCC(=O)c1ccc(OC(F)(F)F)c(C)c1. The van der Waals surface area contributed by atoms with Gasteiger partial charge >= 0.3 is 6.36 Å². The summed E-state index contributed by atoms with van der Waals surface area (Å²) in [4.78, 5) is 11.3. The number of carbonyl (C=O) groups is 1. The van der Waals surface area contributed by atoms with Crippen molar-refractivity contribution in [3.63, 3.8) is 0 Å². The second-order valence-corrected chi connectivity index (χ2v) is 3.30. The van der Waals surface area contributed by atoms with Crippen LogP contribution in [-0.4, -0.2) is 12.1 Å². The highest BCUT2D eigenvalue weighted by molar-refractivity contribution is 5.96. The van der Waals surface area contributed by atoms with E-state index in [-0.39, 0.29) is 17.1 Å². The molecule has 0 aliphatic heterocycles. The van der Waals surface area contributed by atoms with Gasteiger partial charge in [-0.3, -0.25) is 4.79 Å². The van der Waals surface area contributed by atoms with Crippen LogP contribution in [0.25, 0.3) is 0 Å². The second kappa shape index (κ2) is 4.55. The molecule has 0 spiro atoms. The molecule has 0 aliphatic rings. The minimum Gasteiger partial charge on any atom is -0.406 e. The van der Waals surface area contributed by atoms with Crippen molar-refractivity contribution >= 4 is 5.78 Å². The van der Waals surface area contributed by atoms with Gasteiger partial charge < -0.3 is 4.74 Å². The third-order valence-corrected chi connectivity index (χ3v) is 2.04. The highest BCUT2D eigenvalue weighted by Crippen LogP contribution is 2.26. The van der Waals surface area contributed by atoms with Gasteiger partial charge in [-0.05, 0) is 30.7 Å². The smallest absolute Gasteiger partial charge is 0.406 e. The molecule has 1 aromatic carbocycles. The standard InChI is InChI=1S/C11H11F3O2/c1-3-9(15)8-4-5-10(7(2)6-8)16-11(12,13)14/h4-6H,3H2,1-2H3. The van der Waals surface area contributed by atoms with Crippen LogP contribution in [0, 0.1) is 6.92 Å². The first-order chi connectivity index (χ1) is 7.33. The number of alkyl halides is 3. The van der Waals surface area contributed by atoms with E-state index in [1.165, 1.54) is 19.1 Å². The molecule has 0 atom stereocenters. The Balaban J connectivity index is 2.96. The lowest BCUT2D eigenvalue weighted by Crippen LogP contribution is -2.17. The van der Waals surface area contributed by atoms with Gasteiger partial charge in [0.15, 0.2) is 5.78 Å². The Bertz CT molecular complexity index is 397. The molecule has 2 nitrogen and oxygen atoms in total. The zero-order chi connectivity index (χ0) is 12.3. The molecular formula is C11H11F3O2. The van der Waals surface area contributed by atoms with Crippen LogP contribution in [0.3, 0.4) is 0 Å². The maximum absolute atomic E-state index is 12.0. The van der Waals surface area contributed by atoms with Crippen molar-refractivity contribution in [3.05, 3.63) is 29.3 Å². The Morgan fingerprint density at radius 2 is 2.00 bits per heavy atom. The summed E-state index contributed by atoms with van der Waals surface area (Å²) in [5.41, 5.74) is 0.686. The fourth-order valence-electron chi connectivity index (χ4n) is 1.27. The minimum atomic E-state index is -4.71. The summed E-state index contributed by atoms with van der Waals surface area (Å²) in [6.07, 6.45) is -4.39. The fraction of sp³-hybridized carbons (Fsp3) is 0.364. The molecule has 0 aliphatic carbocycles. The zero-order valence-corrected chi connectivity index (χ0v) is 8.89. The average Bonchev–Trinajstić information content (AvgIpc) is 2.18. The highest BCUT2D eigenvalue weighted by atomic mass is 19.4. The van der Waals surface area contributed by atoms with E-state index in [0.717, 1.165) is 6.07 Å². The predicted octanol–water partition coefficient (Wildman–Crippen LogP) is 3.49. The fourth-order valence-corrected chi connectivity index (χ4v) is 1.27. The van der Waals surface area contributed by atoms with Crippen molar-refractivity contribution in [2.75, 3.05) is 0 Å². The van der Waals surface area contributed by atoms with Crippen molar-refractivity contribution in [1.29, 1.82) is 0 Å². The molecule has 0 fully saturated rings. The van der Waals surface area contributed by atoms with E-state index in [4.69, 9.17) is 0 Å². The summed E-state index contributed by atoms with van der Waals surface area (Å²) < 4.78 is 39.7. The summed E-state index contributed by atoms with van der Waals surface area (Å²) in [5, 5.41) is 0. The van der Waals surface area contributed by atoms with Crippen LogP contribution in [0.2, 0.25) is 0 Å². The van der Waals surface area contributed by atoms with Gasteiger partial charge in [0.05, 0.1) is 0 Å². The molecule has 1 aromatic rings. The minimum absolute atomic E-state index is 0.110. The first-order valence-corrected chi connectivity index (χ1v) is 4.73. The Hall–Kier alpha value is -1.52. The van der Waals surface area contributed by atoms with Gasteiger partial charge in [0.25, 0.3) is 0 Å². The maximum atomic E-state index is 12.0. The number of benzene rings is 1. The first kappa shape index (κ1) is 12.5. The van der Waals surface area contributed by atoms with Crippen molar-refractivity contribution in [1.82, 2.24) is 0 Å². The van der Waals surface area contributed by atoms with E-state index in [0.29, 0.717) is 12.0 Å². The quantitative estimate of drug-likeness (QED) is 0.745. The summed E-state index contributed by atoms with van der Waals surface area (Å²) in [6.45, 7) is 3.16. The van der Waals surface area contributed by atoms with E-state index in [2.05, 4.69) is 4.74 Å². The maximum Gasteiger partial charge on any atom is 0.573 e. The van der Waals surface area contributed by atoms with E-state index in [1.807, 2.05) is 0 Å². The molecular weight excluding hydrogens is 221 g/mol. The van der Waals surface area contributed by atoms with Crippen molar-refractivity contribution in [2.24, 2.45) is 0 Å². The number of rotatable bonds is 3. The summed E-state index contributed by atoms with van der Waals surface area (Å²) in [7, 11) is 0. The molecule has 0 saturated heterocycles. The molecule has 88 valence electrons. The molecule has 0 amide bonds. The van der Waals surface area contributed by atoms with Crippen molar-refractivity contribution in [2.45, 2.75) is 26.6 Å². The number of hydrogen-bond donors (Lipinski definition) is 0. The number of carbonyl (C=O) groups excluding carboxylic acids is 1. The lowest BCUT2D eigenvalue weighted by Gasteiger charge is -2.11. The molecule has 0 radical (unpaired) electrons. The molecule has 0 aromatic heterocycles. The van der Waals surface area contributed by atoms with Crippen LogP contribution in [0.1, 0.15) is 29.3 Å². The number of halogens is 3. The van der Waals surface area contributed by atoms with Crippen molar-refractivity contribution < 1.29 is 22.7 Å². The summed E-state index contributed by atoms with van der Waals surface area (Å²) >= 11 is 0. The largest absolute Gasteiger partial charge is 0.573 e. The van der Waals surface area contributed by atoms with Gasteiger partial charge in [-0.15, -0.1) is 13.2 Å². The lowest BCUT2D eigenvalue weighted by atomic mass is 10.1. The Morgan fingerprint density at radius 3 is 2.44 bits per heavy atom. The monoisotopic (exact) mass is 232 g/mol. The Morgan fingerprint density at radius 1 is 1.38 bits per heavy atom. The van der Waals surface area contributed by atoms with Crippen LogP contribution >= 0.6 is 0 Å². The number of aryl methyl sites for hydroxylation is 1. The van der Waals surface area contributed by atoms with Crippen LogP contribution in [-0.2, 0) is 0 Å². The molecule has 0 saturated carbocycles. The predicted molar refractivity (Wildman–Crippen MR) is 52.5 cm³/mol. The molecule has 5 heteroatoms. The molecule has 16 heavy (non-hydrogen) atoms. The molecule has 1 rings (SSSR count). The molecule has 0 heterocycles. The van der Waals surface area contributed by atoms with Crippen LogP contribution in [0.15, 0.2) is 18.2 Å². The summed E-state index contributed by atoms with van der Waals surface area (Å²) in [6, 6.07) is 3.89. The molecule has 0 unspecified atom stereocenters. The van der Waals surface area contributed by atoms with Crippen LogP contribution < -0.4 is 4.74 Å². The van der Waals surface area contributed by atoms with E-state index < -0.39 is 6.36 Å². The van der Waals surface area contributed by atoms with Gasteiger partial charge in [-0.1, -0.05) is 6.92 Å². The Labute approximate surface area is 91.0 Å². The number of ether oxygens (including phenoxy) is 1. The van der Waals surface area contributed by atoms with Gasteiger partial charge in [0.1, 0.15) is 5.75 Å². The number of ketones is 1. The third-order valence-electron chi connectivity index (χ3n) is 2.04. The third kappa shape index (κ3) is 3.25. The molecule has 0 N–H and O–H groups in total. The number of hydrogen-bond acceptors (Lipinski definition) is 2. The second-order valence-electron chi connectivity index (χ2n) is 3.30. The normalized spacial score (nSPS) is 11.3. The highest BCUT2D eigenvalue weighted by Gasteiger charge is 2.31.